The van der Waals surface area contributed by atoms with Gasteiger partial charge in [-0.25, -0.2) is 4.79 Å². The standard InChI is InChI=1S/C39H41N3O5S2/c1-4-32(37(45)42-38-34(39(46)47-3)30-20-10-5-6-11-21-33(30)49-38)48-29-19-13-18-28(24-29)40-36(44)31(23-26-15-12-14-25(2)22-26)41-35(43)27-16-8-7-9-17-27/h7-9,12-19,22-24,32H,4-6,10-11,20-21H2,1-3H3,(H,40,44)(H,41,43)(H,42,45)/b31-23+. The van der Waals surface area contributed by atoms with Crippen molar-refractivity contribution < 1.29 is 23.9 Å². The van der Waals surface area contributed by atoms with Gasteiger partial charge < -0.3 is 20.7 Å². The number of benzene rings is 3. The molecule has 0 saturated heterocycles. The summed E-state index contributed by atoms with van der Waals surface area (Å²) < 4.78 is 5.13. The number of esters is 1. The first-order valence-corrected chi connectivity index (χ1v) is 18.2. The SMILES string of the molecule is CCC(Sc1cccc(NC(=O)/C(=C\c2cccc(C)c2)NC(=O)c2ccccc2)c1)C(=O)Nc1sc2c(c1C(=O)OC)CCCCCC2. The number of carbonyl (C=O) groups is 4. The van der Waals surface area contributed by atoms with Crippen LogP contribution in [0.5, 0.6) is 0 Å². The predicted molar refractivity (Wildman–Crippen MR) is 198 cm³/mol. The predicted octanol–water partition coefficient (Wildman–Crippen LogP) is 8.42. The molecule has 3 N–H and O–H groups in total. The first-order valence-electron chi connectivity index (χ1n) is 16.5. The molecule has 4 aromatic rings. The van der Waals surface area contributed by atoms with Gasteiger partial charge in [0.15, 0.2) is 0 Å². The van der Waals surface area contributed by atoms with Crippen molar-refractivity contribution in [2.24, 2.45) is 0 Å². The molecule has 8 nitrogen and oxygen atoms in total. The van der Waals surface area contributed by atoms with Gasteiger partial charge in [0.05, 0.1) is 17.9 Å². The molecular formula is C39H41N3O5S2. The van der Waals surface area contributed by atoms with E-state index in [0.29, 0.717) is 28.2 Å². The van der Waals surface area contributed by atoms with Crippen LogP contribution in [0.15, 0.2) is 89.5 Å². The maximum Gasteiger partial charge on any atom is 0.341 e. The van der Waals surface area contributed by atoms with Gasteiger partial charge in [-0.15, -0.1) is 23.1 Å². The number of rotatable bonds is 11. The van der Waals surface area contributed by atoms with Gasteiger partial charge >= 0.3 is 5.97 Å². The number of methoxy groups -OCH3 is 1. The Morgan fingerprint density at radius 1 is 0.898 bits per heavy atom. The fourth-order valence-corrected chi connectivity index (χ4v) is 8.01. The molecule has 3 aromatic carbocycles. The number of fused-ring (bicyclic) bond motifs is 1. The normalized spacial score (nSPS) is 13.7. The molecule has 49 heavy (non-hydrogen) atoms. The second kappa shape index (κ2) is 17.1. The summed E-state index contributed by atoms with van der Waals surface area (Å²) >= 11 is 2.86. The van der Waals surface area contributed by atoms with Crippen LogP contribution in [0.2, 0.25) is 0 Å². The topological polar surface area (TPSA) is 114 Å². The molecule has 1 heterocycles. The molecule has 0 fully saturated rings. The Kier molecular flexibility index (Phi) is 12.5. The molecule has 1 aliphatic rings. The van der Waals surface area contributed by atoms with Crippen LogP contribution in [0.25, 0.3) is 6.08 Å². The Morgan fingerprint density at radius 3 is 2.39 bits per heavy atom. The van der Waals surface area contributed by atoms with E-state index in [-0.39, 0.29) is 11.6 Å². The van der Waals surface area contributed by atoms with E-state index in [1.54, 1.807) is 42.5 Å². The molecule has 10 heteroatoms. The van der Waals surface area contributed by atoms with Crippen LogP contribution < -0.4 is 16.0 Å². The zero-order valence-electron chi connectivity index (χ0n) is 28.0. The lowest BCUT2D eigenvalue weighted by molar-refractivity contribution is -0.116. The minimum Gasteiger partial charge on any atom is -0.465 e. The number of ether oxygens (including phenoxy) is 1. The molecular weight excluding hydrogens is 655 g/mol. The maximum absolute atomic E-state index is 13.6. The number of nitrogens with one attached hydrogen (secondary N) is 3. The minimum atomic E-state index is -0.485. The summed E-state index contributed by atoms with van der Waals surface area (Å²) in [6.45, 7) is 3.90. The second-order valence-electron chi connectivity index (χ2n) is 11.9. The summed E-state index contributed by atoms with van der Waals surface area (Å²) in [5.41, 5.74) is 4.32. The zero-order valence-corrected chi connectivity index (χ0v) is 29.6. The number of hydrogen-bond donors (Lipinski definition) is 3. The third kappa shape index (κ3) is 9.49. The van der Waals surface area contributed by atoms with Crippen molar-refractivity contribution >= 4 is 63.6 Å². The summed E-state index contributed by atoms with van der Waals surface area (Å²) in [5, 5.41) is 8.84. The maximum atomic E-state index is 13.6. The van der Waals surface area contributed by atoms with Crippen molar-refractivity contribution in [1.29, 1.82) is 0 Å². The molecule has 0 spiro atoms. The first kappa shape index (κ1) is 35.6. The number of thiophene rings is 1. The number of aryl methyl sites for hydroxylation is 2. The lowest BCUT2D eigenvalue weighted by Crippen LogP contribution is -2.30. The molecule has 1 unspecified atom stereocenters. The van der Waals surface area contributed by atoms with E-state index in [2.05, 4.69) is 16.0 Å². The van der Waals surface area contributed by atoms with Gasteiger partial charge in [-0.2, -0.15) is 0 Å². The first-order chi connectivity index (χ1) is 23.7. The molecule has 1 atom stereocenters. The zero-order chi connectivity index (χ0) is 34.8. The van der Waals surface area contributed by atoms with E-state index in [9.17, 15) is 19.2 Å². The van der Waals surface area contributed by atoms with Gasteiger partial charge in [-0.05, 0) is 86.6 Å². The van der Waals surface area contributed by atoms with E-state index in [0.717, 1.165) is 65.0 Å². The Labute approximate surface area is 295 Å². The fourth-order valence-electron chi connectivity index (χ4n) is 5.72. The second-order valence-corrected chi connectivity index (χ2v) is 14.3. The van der Waals surface area contributed by atoms with Crippen LogP contribution in [-0.4, -0.2) is 36.1 Å². The number of thioether (sulfide) groups is 1. The van der Waals surface area contributed by atoms with Gasteiger partial charge in [0.25, 0.3) is 11.8 Å². The largest absolute Gasteiger partial charge is 0.465 e. The molecule has 254 valence electrons. The van der Waals surface area contributed by atoms with Crippen molar-refractivity contribution in [3.63, 3.8) is 0 Å². The lowest BCUT2D eigenvalue weighted by Gasteiger charge is -2.16. The van der Waals surface area contributed by atoms with Crippen molar-refractivity contribution in [2.45, 2.75) is 68.9 Å². The summed E-state index contributed by atoms with van der Waals surface area (Å²) in [6.07, 6.45) is 8.23. The number of anilines is 2. The van der Waals surface area contributed by atoms with E-state index in [1.807, 2.05) is 56.3 Å². The van der Waals surface area contributed by atoms with Gasteiger partial charge in [0.2, 0.25) is 5.91 Å². The summed E-state index contributed by atoms with van der Waals surface area (Å²) in [5.74, 6) is -1.51. The van der Waals surface area contributed by atoms with Crippen LogP contribution in [0.3, 0.4) is 0 Å². The summed E-state index contributed by atoms with van der Waals surface area (Å²) in [7, 11) is 1.37. The number of carbonyl (C=O) groups excluding carboxylic acids is 4. The van der Waals surface area contributed by atoms with Crippen molar-refractivity contribution in [3.05, 3.63) is 117 Å². The number of amides is 3. The highest BCUT2D eigenvalue weighted by Gasteiger charge is 2.28. The molecule has 0 aliphatic heterocycles. The Bertz CT molecular complexity index is 1850. The third-order valence-corrected chi connectivity index (χ3v) is 10.8. The molecule has 0 bridgehead atoms. The van der Waals surface area contributed by atoms with Crippen molar-refractivity contribution in [1.82, 2.24) is 5.32 Å². The van der Waals surface area contributed by atoms with Crippen LogP contribution in [0.1, 0.15) is 81.3 Å². The third-order valence-electron chi connectivity index (χ3n) is 8.21. The van der Waals surface area contributed by atoms with E-state index >= 15 is 0 Å². The quantitative estimate of drug-likeness (QED) is 0.0825. The van der Waals surface area contributed by atoms with E-state index in [1.165, 1.54) is 30.2 Å². The molecule has 1 aromatic heterocycles. The molecule has 0 radical (unpaired) electrons. The summed E-state index contributed by atoms with van der Waals surface area (Å²) in [6, 6.07) is 23.6. The van der Waals surface area contributed by atoms with Crippen LogP contribution in [0, 0.1) is 6.92 Å². The summed E-state index contributed by atoms with van der Waals surface area (Å²) in [4.78, 5) is 55.1. The minimum absolute atomic E-state index is 0.0924. The molecule has 0 saturated carbocycles. The molecule has 5 rings (SSSR count). The number of hydrogen-bond acceptors (Lipinski definition) is 7. The van der Waals surface area contributed by atoms with Crippen molar-refractivity contribution in [2.75, 3.05) is 17.7 Å². The van der Waals surface area contributed by atoms with E-state index in [4.69, 9.17) is 4.74 Å². The van der Waals surface area contributed by atoms with Gasteiger partial charge in [0.1, 0.15) is 10.7 Å². The van der Waals surface area contributed by atoms with Crippen LogP contribution in [0.4, 0.5) is 10.7 Å². The van der Waals surface area contributed by atoms with Crippen LogP contribution in [-0.2, 0) is 27.2 Å². The lowest BCUT2D eigenvalue weighted by atomic mass is 9.96. The van der Waals surface area contributed by atoms with E-state index < -0.39 is 23.0 Å². The fraction of sp³-hybridized carbons (Fsp3) is 0.282. The smallest absolute Gasteiger partial charge is 0.341 e. The highest BCUT2D eigenvalue weighted by molar-refractivity contribution is 8.00. The van der Waals surface area contributed by atoms with Crippen molar-refractivity contribution in [3.8, 4) is 0 Å². The molecule has 3 amide bonds. The van der Waals surface area contributed by atoms with Crippen LogP contribution >= 0.6 is 23.1 Å². The Balaban J connectivity index is 1.32. The highest BCUT2D eigenvalue weighted by atomic mass is 32.2. The van der Waals surface area contributed by atoms with Gasteiger partial charge in [-0.1, -0.05) is 73.9 Å². The average molecular weight is 696 g/mol. The van der Waals surface area contributed by atoms with Gasteiger partial charge in [-0.3, -0.25) is 14.4 Å². The highest BCUT2D eigenvalue weighted by Crippen LogP contribution is 2.38. The average Bonchev–Trinajstić information content (AvgIpc) is 3.42. The Hall–Kier alpha value is -4.67. The monoisotopic (exact) mass is 695 g/mol. The van der Waals surface area contributed by atoms with Gasteiger partial charge in [0, 0.05) is 21.0 Å². The Morgan fingerprint density at radius 2 is 1.65 bits per heavy atom. The molecule has 1 aliphatic carbocycles.